The summed E-state index contributed by atoms with van der Waals surface area (Å²) in [5, 5.41) is 2.34. The Labute approximate surface area is 73.8 Å². The van der Waals surface area contributed by atoms with E-state index in [1.165, 1.54) is 0 Å². The number of alkyl halides is 3. The van der Waals surface area contributed by atoms with E-state index < -0.39 is 18.8 Å². The molecule has 0 atom stereocenters. The number of amides is 2. The van der Waals surface area contributed by atoms with Crippen LogP contribution in [-0.2, 0) is 0 Å². The molecule has 0 aromatic carbocycles. The van der Waals surface area contributed by atoms with E-state index in [0.717, 1.165) is 0 Å². The zero-order valence-corrected chi connectivity index (χ0v) is 7.35. The fraction of sp³-hybridized carbons (Fsp3) is 0.833. The van der Waals surface area contributed by atoms with Gasteiger partial charge >= 0.3 is 12.2 Å². The minimum absolute atomic E-state index is 0.340. The molecular formula is C6H12F3N3O. The molecule has 13 heavy (non-hydrogen) atoms. The van der Waals surface area contributed by atoms with Gasteiger partial charge < -0.3 is 5.32 Å². The summed E-state index contributed by atoms with van der Waals surface area (Å²) < 4.78 is 34.8. The number of hydrogen-bond donors (Lipinski definition) is 2. The van der Waals surface area contributed by atoms with E-state index in [0.29, 0.717) is 5.01 Å². The van der Waals surface area contributed by atoms with E-state index in [1.807, 2.05) is 0 Å². The highest BCUT2D eigenvalue weighted by Gasteiger charge is 2.28. The molecule has 0 unspecified atom stereocenters. The van der Waals surface area contributed by atoms with Crippen molar-refractivity contribution in [2.75, 3.05) is 6.54 Å². The first kappa shape index (κ1) is 12.0. The number of halogens is 3. The summed E-state index contributed by atoms with van der Waals surface area (Å²) in [6.07, 6.45) is -4.41. The molecule has 0 aromatic rings. The number of carbonyl (C=O) groups excluding carboxylic acids is 1. The highest BCUT2D eigenvalue weighted by Crippen LogP contribution is 2.12. The second-order valence-electron chi connectivity index (χ2n) is 2.77. The van der Waals surface area contributed by atoms with Crippen LogP contribution in [0.25, 0.3) is 0 Å². The Balaban J connectivity index is 3.89. The van der Waals surface area contributed by atoms with E-state index >= 15 is 0 Å². The number of urea groups is 1. The molecule has 7 heteroatoms. The zero-order valence-electron chi connectivity index (χ0n) is 7.35. The Kier molecular flexibility index (Phi) is 3.99. The molecule has 0 radical (unpaired) electrons. The molecule has 78 valence electrons. The number of carbonyl (C=O) groups is 1. The number of nitrogens with zero attached hydrogens (tertiary/aromatic N) is 1. The fourth-order valence-corrected chi connectivity index (χ4v) is 0.502. The Hall–Kier alpha value is -0.980. The smallest absolute Gasteiger partial charge is 0.328 e. The molecule has 0 fully saturated rings. The topological polar surface area (TPSA) is 58.4 Å². The number of rotatable bonds is 2. The van der Waals surface area contributed by atoms with Gasteiger partial charge in [0.05, 0.1) is 0 Å². The third-order valence-electron chi connectivity index (χ3n) is 1.23. The van der Waals surface area contributed by atoms with E-state index in [1.54, 1.807) is 19.2 Å². The van der Waals surface area contributed by atoms with Crippen LogP contribution in [0.3, 0.4) is 0 Å². The predicted molar refractivity (Wildman–Crippen MR) is 40.6 cm³/mol. The van der Waals surface area contributed by atoms with E-state index in [4.69, 9.17) is 5.84 Å². The van der Waals surface area contributed by atoms with Crippen molar-refractivity contribution in [3.8, 4) is 0 Å². The Morgan fingerprint density at radius 2 is 2.00 bits per heavy atom. The summed E-state index contributed by atoms with van der Waals surface area (Å²) in [5.74, 6) is 5.14. The van der Waals surface area contributed by atoms with Crippen molar-refractivity contribution in [1.82, 2.24) is 10.3 Å². The molecule has 4 nitrogen and oxygen atoms in total. The Morgan fingerprint density at radius 1 is 1.54 bits per heavy atom. The Morgan fingerprint density at radius 3 is 2.31 bits per heavy atom. The first-order valence-corrected chi connectivity index (χ1v) is 3.62. The lowest BCUT2D eigenvalue weighted by Crippen LogP contribution is -2.50. The number of hydrogen-bond acceptors (Lipinski definition) is 2. The van der Waals surface area contributed by atoms with Crippen LogP contribution in [0.2, 0.25) is 0 Å². The van der Waals surface area contributed by atoms with Crippen LogP contribution in [0.15, 0.2) is 0 Å². The molecule has 0 rings (SSSR count). The molecule has 0 aromatic heterocycles. The van der Waals surface area contributed by atoms with Gasteiger partial charge in [-0.2, -0.15) is 13.2 Å². The largest absolute Gasteiger partial charge is 0.405 e. The lowest BCUT2D eigenvalue weighted by Gasteiger charge is -2.21. The lowest BCUT2D eigenvalue weighted by molar-refractivity contribution is -0.123. The predicted octanol–water partition coefficient (Wildman–Crippen LogP) is 0.842. The maximum Gasteiger partial charge on any atom is 0.405 e. The highest BCUT2D eigenvalue weighted by atomic mass is 19.4. The first-order valence-electron chi connectivity index (χ1n) is 3.62. The van der Waals surface area contributed by atoms with Crippen molar-refractivity contribution in [3.63, 3.8) is 0 Å². The number of nitrogens with one attached hydrogen (secondary N) is 1. The minimum atomic E-state index is -4.41. The average Bonchev–Trinajstić information content (AvgIpc) is 1.97. The summed E-state index contributed by atoms with van der Waals surface area (Å²) in [6, 6.07) is -1.28. The fourth-order valence-electron chi connectivity index (χ4n) is 0.502. The van der Waals surface area contributed by atoms with Crippen LogP contribution in [0, 0.1) is 0 Å². The Bertz CT molecular complexity index is 180. The van der Waals surface area contributed by atoms with Crippen molar-refractivity contribution in [2.24, 2.45) is 5.84 Å². The van der Waals surface area contributed by atoms with E-state index in [2.05, 4.69) is 0 Å². The molecule has 0 saturated carbocycles. The summed E-state index contributed by atoms with van der Waals surface area (Å²) in [6.45, 7) is 1.81. The quantitative estimate of drug-likeness (QED) is 0.393. The van der Waals surface area contributed by atoms with Crippen molar-refractivity contribution in [1.29, 1.82) is 0 Å². The van der Waals surface area contributed by atoms with Crippen LogP contribution < -0.4 is 11.2 Å². The summed E-state index contributed by atoms with van der Waals surface area (Å²) in [4.78, 5) is 10.8. The molecule has 0 aliphatic rings. The highest BCUT2D eigenvalue weighted by molar-refractivity contribution is 5.73. The van der Waals surface area contributed by atoms with Gasteiger partial charge in [0.15, 0.2) is 0 Å². The average molecular weight is 199 g/mol. The van der Waals surface area contributed by atoms with Gasteiger partial charge in [-0.1, -0.05) is 0 Å². The van der Waals surface area contributed by atoms with Crippen LogP contribution in [0.4, 0.5) is 18.0 Å². The van der Waals surface area contributed by atoms with Crippen LogP contribution in [0.5, 0.6) is 0 Å². The van der Waals surface area contributed by atoms with Gasteiger partial charge in [-0.25, -0.2) is 10.6 Å². The van der Waals surface area contributed by atoms with Crippen LogP contribution >= 0.6 is 0 Å². The molecule has 0 spiro atoms. The molecule has 0 aliphatic heterocycles. The zero-order chi connectivity index (χ0) is 10.6. The van der Waals surface area contributed by atoms with Gasteiger partial charge in [-0.15, -0.1) is 0 Å². The molecular weight excluding hydrogens is 187 g/mol. The van der Waals surface area contributed by atoms with Gasteiger partial charge in [0.2, 0.25) is 0 Å². The van der Waals surface area contributed by atoms with Crippen molar-refractivity contribution in [3.05, 3.63) is 0 Å². The van der Waals surface area contributed by atoms with Gasteiger partial charge in [0, 0.05) is 6.04 Å². The van der Waals surface area contributed by atoms with Crippen LogP contribution in [0.1, 0.15) is 13.8 Å². The van der Waals surface area contributed by atoms with Crippen LogP contribution in [-0.4, -0.2) is 29.8 Å². The van der Waals surface area contributed by atoms with Crippen molar-refractivity contribution >= 4 is 6.03 Å². The summed E-state index contributed by atoms with van der Waals surface area (Å²) >= 11 is 0. The first-order chi connectivity index (χ1) is 5.74. The summed E-state index contributed by atoms with van der Waals surface area (Å²) in [7, 11) is 0. The summed E-state index contributed by atoms with van der Waals surface area (Å²) in [5.41, 5.74) is 0. The SMILES string of the molecule is CC(C)N(N)C(=O)NCC(F)(F)F. The normalized spacial score (nSPS) is 11.6. The van der Waals surface area contributed by atoms with Gasteiger partial charge in [0.1, 0.15) is 6.54 Å². The second kappa shape index (κ2) is 4.31. The van der Waals surface area contributed by atoms with Crippen molar-refractivity contribution in [2.45, 2.75) is 26.1 Å². The maximum absolute atomic E-state index is 11.6. The van der Waals surface area contributed by atoms with E-state index in [-0.39, 0.29) is 6.04 Å². The minimum Gasteiger partial charge on any atom is -0.328 e. The van der Waals surface area contributed by atoms with Gasteiger partial charge in [-0.3, -0.25) is 5.01 Å². The second-order valence-corrected chi connectivity index (χ2v) is 2.77. The van der Waals surface area contributed by atoms with Gasteiger partial charge in [-0.05, 0) is 13.8 Å². The monoisotopic (exact) mass is 199 g/mol. The van der Waals surface area contributed by atoms with Crippen molar-refractivity contribution < 1.29 is 18.0 Å². The molecule has 0 heterocycles. The maximum atomic E-state index is 11.6. The molecule has 3 N–H and O–H groups in total. The molecule has 0 saturated heterocycles. The van der Waals surface area contributed by atoms with E-state index in [9.17, 15) is 18.0 Å². The molecule has 2 amide bonds. The number of nitrogens with two attached hydrogens (primary N) is 1. The third kappa shape index (κ3) is 5.29. The third-order valence-corrected chi connectivity index (χ3v) is 1.23. The molecule has 0 aliphatic carbocycles. The lowest BCUT2D eigenvalue weighted by atomic mass is 10.4. The molecule has 0 bridgehead atoms. The number of hydrazine groups is 1. The van der Waals surface area contributed by atoms with Gasteiger partial charge in [0.25, 0.3) is 0 Å². The standard InChI is InChI=1S/C6H12F3N3O/c1-4(2)12(10)5(13)11-3-6(7,8)9/h4H,3,10H2,1-2H3,(H,11,13).